The molecule has 0 atom stereocenters. The van der Waals surface area contributed by atoms with Gasteiger partial charge in [0.1, 0.15) is 0 Å². The van der Waals surface area contributed by atoms with Crippen molar-refractivity contribution >= 4 is 16.6 Å². The predicted octanol–water partition coefficient (Wildman–Crippen LogP) is 1.32. The van der Waals surface area contributed by atoms with Crippen LogP contribution < -0.4 is 11.3 Å². The zero-order chi connectivity index (χ0) is 10.1. The average molecular weight is 191 g/mol. The highest BCUT2D eigenvalue weighted by Crippen LogP contribution is 2.16. The average Bonchev–Trinajstić information content (AvgIpc) is 2.46. The minimum absolute atomic E-state index is 0.105. The highest BCUT2D eigenvalue weighted by Gasteiger charge is 2.07. The molecule has 2 rings (SSSR count). The Morgan fingerprint density at radius 2 is 2.29 bits per heavy atom. The molecule has 1 aromatic heterocycles. The smallest absolute Gasteiger partial charge is 0.274 e. The number of H-pyrrole nitrogens is 1. The van der Waals surface area contributed by atoms with Crippen molar-refractivity contribution in [2.75, 3.05) is 5.73 Å². The van der Waals surface area contributed by atoms with Crippen molar-refractivity contribution in [3.63, 3.8) is 0 Å². The maximum atomic E-state index is 11.5. The van der Waals surface area contributed by atoms with Crippen molar-refractivity contribution in [1.29, 1.82) is 0 Å². The van der Waals surface area contributed by atoms with Gasteiger partial charge in [-0.1, -0.05) is 13.0 Å². The number of fused-ring (bicyclic) bond motifs is 1. The van der Waals surface area contributed by atoms with Crippen LogP contribution in [0, 0.1) is 0 Å². The first-order chi connectivity index (χ1) is 6.74. The lowest BCUT2D eigenvalue weighted by atomic mass is 10.2. The molecule has 0 saturated heterocycles. The third kappa shape index (κ3) is 1.19. The number of hydrogen-bond acceptors (Lipinski definition) is 2. The molecule has 3 N–H and O–H groups in total. The summed E-state index contributed by atoms with van der Waals surface area (Å²) in [7, 11) is 0. The summed E-state index contributed by atoms with van der Waals surface area (Å²) in [6, 6.07) is 5.50. The number of aromatic nitrogens is 2. The summed E-state index contributed by atoms with van der Waals surface area (Å²) in [5, 5.41) is 3.37. The molecule has 0 saturated carbocycles. The van der Waals surface area contributed by atoms with E-state index in [-0.39, 0.29) is 5.56 Å². The maximum absolute atomic E-state index is 11.5. The van der Waals surface area contributed by atoms with E-state index in [0.29, 0.717) is 11.1 Å². The third-order valence-corrected chi connectivity index (χ3v) is 2.28. The van der Waals surface area contributed by atoms with E-state index >= 15 is 0 Å². The molecular formula is C10H13N3O. The van der Waals surface area contributed by atoms with E-state index in [9.17, 15) is 4.79 Å². The number of hydrogen-bond donors (Lipinski definition) is 2. The standard InChI is InChI=1S/C10H13N3O/c1-2-6-13-8-5-3-4-7(11)9(8)10(14)12-13/h3-5H,2,6,11H2,1H3,(H,12,14). The van der Waals surface area contributed by atoms with Crippen molar-refractivity contribution in [2.45, 2.75) is 19.9 Å². The van der Waals surface area contributed by atoms with Crippen LogP contribution in [0.1, 0.15) is 13.3 Å². The molecule has 0 amide bonds. The topological polar surface area (TPSA) is 63.8 Å². The van der Waals surface area contributed by atoms with Gasteiger partial charge in [0, 0.05) is 12.2 Å². The minimum Gasteiger partial charge on any atom is -0.398 e. The first kappa shape index (κ1) is 8.87. The lowest BCUT2D eigenvalue weighted by Crippen LogP contribution is -2.05. The summed E-state index contributed by atoms with van der Waals surface area (Å²) in [5.74, 6) is 0. The van der Waals surface area contributed by atoms with Gasteiger partial charge in [-0.05, 0) is 18.6 Å². The Morgan fingerprint density at radius 1 is 1.50 bits per heavy atom. The molecular weight excluding hydrogens is 178 g/mol. The maximum Gasteiger partial charge on any atom is 0.274 e. The Hall–Kier alpha value is -1.71. The third-order valence-electron chi connectivity index (χ3n) is 2.28. The molecule has 0 bridgehead atoms. The van der Waals surface area contributed by atoms with Gasteiger partial charge < -0.3 is 5.73 Å². The Balaban J connectivity index is 2.77. The summed E-state index contributed by atoms with van der Waals surface area (Å²) >= 11 is 0. The van der Waals surface area contributed by atoms with Crippen molar-refractivity contribution in [2.24, 2.45) is 0 Å². The van der Waals surface area contributed by atoms with E-state index in [4.69, 9.17) is 5.73 Å². The second kappa shape index (κ2) is 3.21. The van der Waals surface area contributed by atoms with Gasteiger partial charge in [-0.2, -0.15) is 0 Å². The Labute approximate surface area is 81.3 Å². The van der Waals surface area contributed by atoms with E-state index in [0.717, 1.165) is 18.5 Å². The van der Waals surface area contributed by atoms with E-state index in [1.54, 1.807) is 6.07 Å². The van der Waals surface area contributed by atoms with Gasteiger partial charge in [-0.3, -0.25) is 14.6 Å². The van der Waals surface area contributed by atoms with Crippen LogP contribution in [-0.4, -0.2) is 9.78 Å². The fourth-order valence-corrected chi connectivity index (χ4v) is 1.67. The van der Waals surface area contributed by atoms with Crippen LogP contribution in [0.2, 0.25) is 0 Å². The number of rotatable bonds is 2. The van der Waals surface area contributed by atoms with E-state index in [2.05, 4.69) is 12.0 Å². The van der Waals surface area contributed by atoms with Crippen LogP contribution in [-0.2, 0) is 6.54 Å². The van der Waals surface area contributed by atoms with Crippen LogP contribution in [0.4, 0.5) is 5.69 Å². The SMILES string of the molecule is CCCn1[nH]c(=O)c2c(N)cccc21. The van der Waals surface area contributed by atoms with Gasteiger partial charge in [0.15, 0.2) is 0 Å². The quantitative estimate of drug-likeness (QED) is 0.703. The zero-order valence-electron chi connectivity index (χ0n) is 8.08. The molecule has 1 heterocycles. The summed E-state index contributed by atoms with van der Waals surface area (Å²) < 4.78 is 1.84. The summed E-state index contributed by atoms with van der Waals surface area (Å²) in [5.41, 5.74) is 7.05. The van der Waals surface area contributed by atoms with Crippen LogP contribution in [0.3, 0.4) is 0 Å². The highest BCUT2D eigenvalue weighted by atomic mass is 16.1. The molecule has 0 radical (unpaired) electrons. The van der Waals surface area contributed by atoms with Crippen molar-refractivity contribution in [3.05, 3.63) is 28.6 Å². The molecule has 0 aliphatic rings. The molecule has 14 heavy (non-hydrogen) atoms. The molecule has 2 aromatic rings. The highest BCUT2D eigenvalue weighted by molar-refractivity contribution is 5.89. The number of benzene rings is 1. The predicted molar refractivity (Wildman–Crippen MR) is 57.3 cm³/mol. The van der Waals surface area contributed by atoms with Gasteiger partial charge in [-0.25, -0.2) is 0 Å². The molecule has 0 spiro atoms. The molecule has 4 heteroatoms. The summed E-state index contributed by atoms with van der Waals surface area (Å²) in [4.78, 5) is 11.5. The van der Waals surface area contributed by atoms with Gasteiger partial charge in [0.25, 0.3) is 5.56 Å². The number of aromatic amines is 1. The molecule has 0 aliphatic carbocycles. The monoisotopic (exact) mass is 191 g/mol. The second-order valence-corrected chi connectivity index (χ2v) is 3.33. The Bertz CT molecular complexity index is 510. The number of nitrogen functional groups attached to an aromatic ring is 1. The van der Waals surface area contributed by atoms with Crippen LogP contribution >= 0.6 is 0 Å². The summed E-state index contributed by atoms with van der Waals surface area (Å²) in [6.45, 7) is 2.87. The number of nitrogens with two attached hydrogens (primary N) is 1. The second-order valence-electron chi connectivity index (χ2n) is 3.33. The normalized spacial score (nSPS) is 10.9. The minimum atomic E-state index is -0.105. The molecule has 0 aliphatic heterocycles. The van der Waals surface area contributed by atoms with Gasteiger partial charge in [-0.15, -0.1) is 0 Å². The van der Waals surface area contributed by atoms with E-state index in [1.165, 1.54) is 0 Å². The Morgan fingerprint density at radius 3 is 3.00 bits per heavy atom. The number of aryl methyl sites for hydroxylation is 1. The fourth-order valence-electron chi connectivity index (χ4n) is 1.67. The van der Waals surface area contributed by atoms with Crippen molar-refractivity contribution < 1.29 is 0 Å². The lowest BCUT2D eigenvalue weighted by molar-refractivity contribution is 0.617. The number of nitrogens with zero attached hydrogens (tertiary/aromatic N) is 1. The Kier molecular flexibility index (Phi) is 2.04. The van der Waals surface area contributed by atoms with Crippen molar-refractivity contribution in [1.82, 2.24) is 9.78 Å². The van der Waals surface area contributed by atoms with Crippen LogP contribution in [0.15, 0.2) is 23.0 Å². The zero-order valence-corrected chi connectivity index (χ0v) is 8.08. The molecule has 0 fully saturated rings. The lowest BCUT2D eigenvalue weighted by Gasteiger charge is -2.01. The van der Waals surface area contributed by atoms with Gasteiger partial charge >= 0.3 is 0 Å². The summed E-state index contributed by atoms with van der Waals surface area (Å²) in [6.07, 6.45) is 0.981. The number of nitrogens with one attached hydrogen (secondary N) is 1. The largest absolute Gasteiger partial charge is 0.398 e. The first-order valence-corrected chi connectivity index (χ1v) is 4.71. The molecule has 74 valence electrons. The molecule has 4 nitrogen and oxygen atoms in total. The van der Waals surface area contributed by atoms with Crippen LogP contribution in [0.5, 0.6) is 0 Å². The first-order valence-electron chi connectivity index (χ1n) is 4.71. The molecule has 1 aromatic carbocycles. The number of anilines is 1. The van der Waals surface area contributed by atoms with Crippen LogP contribution in [0.25, 0.3) is 10.9 Å². The van der Waals surface area contributed by atoms with Crippen molar-refractivity contribution in [3.8, 4) is 0 Å². The van der Waals surface area contributed by atoms with Gasteiger partial charge in [0.2, 0.25) is 0 Å². The van der Waals surface area contributed by atoms with E-state index in [1.807, 2.05) is 16.8 Å². The van der Waals surface area contributed by atoms with Gasteiger partial charge in [0.05, 0.1) is 10.9 Å². The van der Waals surface area contributed by atoms with E-state index < -0.39 is 0 Å². The molecule has 0 unspecified atom stereocenters. The fraction of sp³-hybridized carbons (Fsp3) is 0.300.